The van der Waals surface area contributed by atoms with E-state index in [2.05, 4.69) is 66.1 Å². The van der Waals surface area contributed by atoms with Crippen LogP contribution in [-0.2, 0) is 13.1 Å². The summed E-state index contributed by atoms with van der Waals surface area (Å²) >= 11 is 1.76. The summed E-state index contributed by atoms with van der Waals surface area (Å²) in [5, 5.41) is 7.72. The zero-order valence-corrected chi connectivity index (χ0v) is 12.8. The van der Waals surface area contributed by atoms with Crippen LogP contribution in [0.15, 0.2) is 35.0 Å². The van der Waals surface area contributed by atoms with E-state index in [0.29, 0.717) is 0 Å². The van der Waals surface area contributed by atoms with E-state index in [1.165, 1.54) is 22.4 Å². The molecule has 2 aromatic rings. The van der Waals surface area contributed by atoms with Crippen molar-refractivity contribution in [3.8, 4) is 0 Å². The lowest BCUT2D eigenvalue weighted by molar-refractivity contribution is 0.723. The summed E-state index contributed by atoms with van der Waals surface area (Å²) < 4.78 is 0. The maximum absolute atomic E-state index is 3.38. The fourth-order valence-corrected chi connectivity index (χ4v) is 2.78. The molecule has 2 nitrogen and oxygen atoms in total. The van der Waals surface area contributed by atoms with Crippen LogP contribution in [0.25, 0.3) is 0 Å². The van der Waals surface area contributed by atoms with Gasteiger partial charge in [0.1, 0.15) is 0 Å². The first-order chi connectivity index (χ1) is 9.20. The Morgan fingerprint density at radius 3 is 2.74 bits per heavy atom. The van der Waals surface area contributed by atoms with Crippen molar-refractivity contribution in [1.29, 1.82) is 0 Å². The van der Waals surface area contributed by atoms with E-state index < -0.39 is 0 Å². The summed E-state index contributed by atoms with van der Waals surface area (Å²) in [4.78, 5) is 2.30. The van der Waals surface area contributed by atoms with Crippen LogP contribution in [0.2, 0.25) is 0 Å². The Morgan fingerprint density at radius 2 is 2.11 bits per heavy atom. The second-order valence-corrected chi connectivity index (χ2v) is 5.66. The lowest BCUT2D eigenvalue weighted by atomic mass is 10.1. The van der Waals surface area contributed by atoms with Crippen molar-refractivity contribution in [2.75, 3.05) is 18.5 Å². The van der Waals surface area contributed by atoms with Crippen molar-refractivity contribution >= 4 is 17.0 Å². The summed E-state index contributed by atoms with van der Waals surface area (Å²) in [7, 11) is 2.15. The first-order valence-corrected chi connectivity index (χ1v) is 7.67. The number of thiophene rings is 1. The summed E-state index contributed by atoms with van der Waals surface area (Å²) in [6.45, 7) is 7.26. The number of benzene rings is 1. The van der Waals surface area contributed by atoms with Gasteiger partial charge in [-0.05, 0) is 59.1 Å². The average molecular weight is 274 g/mol. The maximum atomic E-state index is 3.38. The normalized spacial score (nSPS) is 10.7. The zero-order valence-electron chi connectivity index (χ0n) is 11.9. The molecule has 1 aromatic heterocycles. The summed E-state index contributed by atoms with van der Waals surface area (Å²) in [6, 6.07) is 8.91. The van der Waals surface area contributed by atoms with Gasteiger partial charge < -0.3 is 10.2 Å². The smallest absolute Gasteiger partial charge is 0.0434 e. The topological polar surface area (TPSA) is 15.3 Å². The van der Waals surface area contributed by atoms with Gasteiger partial charge in [-0.1, -0.05) is 13.0 Å². The van der Waals surface area contributed by atoms with Gasteiger partial charge in [0, 0.05) is 25.8 Å². The van der Waals surface area contributed by atoms with Crippen LogP contribution in [0.3, 0.4) is 0 Å². The fraction of sp³-hybridized carbons (Fsp3) is 0.375. The molecule has 1 N–H and O–H groups in total. The molecule has 0 aliphatic heterocycles. The predicted molar refractivity (Wildman–Crippen MR) is 85.0 cm³/mol. The number of rotatable bonds is 6. The Kier molecular flexibility index (Phi) is 5.00. The van der Waals surface area contributed by atoms with Crippen LogP contribution < -0.4 is 10.2 Å². The van der Waals surface area contributed by atoms with Gasteiger partial charge in [-0.25, -0.2) is 0 Å². The van der Waals surface area contributed by atoms with Gasteiger partial charge in [-0.15, -0.1) is 0 Å². The van der Waals surface area contributed by atoms with E-state index in [1.54, 1.807) is 11.3 Å². The highest BCUT2D eigenvalue weighted by Crippen LogP contribution is 2.20. The molecule has 0 saturated heterocycles. The van der Waals surface area contributed by atoms with Gasteiger partial charge in [0.05, 0.1) is 0 Å². The van der Waals surface area contributed by atoms with E-state index in [4.69, 9.17) is 0 Å². The third-order valence-electron chi connectivity index (χ3n) is 3.33. The lowest BCUT2D eigenvalue weighted by Crippen LogP contribution is -2.17. The van der Waals surface area contributed by atoms with Crippen LogP contribution in [-0.4, -0.2) is 13.6 Å². The van der Waals surface area contributed by atoms with Crippen LogP contribution in [0.4, 0.5) is 5.69 Å². The van der Waals surface area contributed by atoms with Crippen LogP contribution in [0.5, 0.6) is 0 Å². The Morgan fingerprint density at radius 1 is 1.26 bits per heavy atom. The predicted octanol–water partition coefficient (Wildman–Crippen LogP) is 3.80. The van der Waals surface area contributed by atoms with Gasteiger partial charge >= 0.3 is 0 Å². The number of anilines is 1. The number of nitrogens with zero attached hydrogens (tertiary/aromatic N) is 1. The molecule has 102 valence electrons. The maximum Gasteiger partial charge on any atom is 0.0434 e. The molecule has 19 heavy (non-hydrogen) atoms. The number of nitrogens with one attached hydrogen (secondary N) is 1. The quantitative estimate of drug-likeness (QED) is 0.862. The molecular formula is C16H22N2S. The molecule has 0 aliphatic carbocycles. The molecule has 0 bridgehead atoms. The fourth-order valence-electron chi connectivity index (χ4n) is 2.12. The highest BCUT2D eigenvalue weighted by atomic mass is 32.1. The number of hydrogen-bond acceptors (Lipinski definition) is 3. The van der Waals surface area contributed by atoms with E-state index in [-0.39, 0.29) is 0 Å². The molecule has 3 heteroatoms. The van der Waals surface area contributed by atoms with Gasteiger partial charge in [0.25, 0.3) is 0 Å². The molecule has 0 aliphatic rings. The SMILES string of the molecule is CCNCc1ccc(N(C)Cc2ccsc2)cc1C. The van der Waals surface area contributed by atoms with Gasteiger partial charge in [-0.3, -0.25) is 0 Å². The molecule has 1 aromatic carbocycles. The van der Waals surface area contributed by atoms with Crippen LogP contribution in [0, 0.1) is 6.92 Å². The van der Waals surface area contributed by atoms with Crippen molar-refractivity contribution in [1.82, 2.24) is 5.32 Å². The number of aryl methyl sites for hydroxylation is 1. The highest BCUT2D eigenvalue weighted by molar-refractivity contribution is 7.07. The second kappa shape index (κ2) is 6.73. The molecule has 0 saturated carbocycles. The molecular weight excluding hydrogens is 252 g/mol. The van der Waals surface area contributed by atoms with Crippen molar-refractivity contribution in [2.24, 2.45) is 0 Å². The molecule has 1 heterocycles. The molecule has 0 radical (unpaired) electrons. The standard InChI is InChI=1S/C16H22N2S/c1-4-17-10-15-5-6-16(9-13(15)2)18(3)11-14-7-8-19-12-14/h5-9,12,17H,4,10-11H2,1-3H3. The Balaban J connectivity index is 2.06. The zero-order chi connectivity index (χ0) is 13.7. The van der Waals surface area contributed by atoms with E-state index >= 15 is 0 Å². The van der Waals surface area contributed by atoms with Gasteiger partial charge in [0.15, 0.2) is 0 Å². The molecule has 0 atom stereocenters. The molecule has 0 amide bonds. The first kappa shape index (κ1) is 14.1. The van der Waals surface area contributed by atoms with Crippen molar-refractivity contribution in [2.45, 2.75) is 26.9 Å². The minimum absolute atomic E-state index is 0.955. The number of hydrogen-bond donors (Lipinski definition) is 1. The van der Waals surface area contributed by atoms with Crippen LogP contribution in [0.1, 0.15) is 23.6 Å². The Bertz CT molecular complexity index is 505. The Labute approximate surface area is 120 Å². The van der Waals surface area contributed by atoms with E-state index in [0.717, 1.165) is 19.6 Å². The van der Waals surface area contributed by atoms with Crippen molar-refractivity contribution in [3.05, 3.63) is 51.7 Å². The largest absolute Gasteiger partial charge is 0.370 e. The first-order valence-electron chi connectivity index (χ1n) is 6.73. The molecule has 0 fully saturated rings. The van der Waals surface area contributed by atoms with Crippen molar-refractivity contribution < 1.29 is 0 Å². The summed E-state index contributed by atoms with van der Waals surface area (Å²) in [5.74, 6) is 0. The highest BCUT2D eigenvalue weighted by Gasteiger charge is 2.05. The van der Waals surface area contributed by atoms with Gasteiger partial charge in [0.2, 0.25) is 0 Å². The second-order valence-electron chi connectivity index (χ2n) is 4.88. The Hall–Kier alpha value is -1.32. The molecule has 0 unspecified atom stereocenters. The third kappa shape index (κ3) is 3.82. The minimum Gasteiger partial charge on any atom is -0.370 e. The summed E-state index contributed by atoms with van der Waals surface area (Å²) in [5.41, 5.74) is 5.40. The molecule has 2 rings (SSSR count). The minimum atomic E-state index is 0.955. The van der Waals surface area contributed by atoms with Crippen LogP contribution >= 0.6 is 11.3 Å². The van der Waals surface area contributed by atoms with E-state index in [9.17, 15) is 0 Å². The average Bonchev–Trinajstić information content (AvgIpc) is 2.90. The third-order valence-corrected chi connectivity index (χ3v) is 4.06. The van der Waals surface area contributed by atoms with Crippen molar-refractivity contribution in [3.63, 3.8) is 0 Å². The van der Waals surface area contributed by atoms with Gasteiger partial charge in [-0.2, -0.15) is 11.3 Å². The lowest BCUT2D eigenvalue weighted by Gasteiger charge is -2.20. The summed E-state index contributed by atoms with van der Waals surface area (Å²) in [6.07, 6.45) is 0. The molecule has 0 spiro atoms. The monoisotopic (exact) mass is 274 g/mol. The van der Waals surface area contributed by atoms with E-state index in [1.807, 2.05) is 0 Å².